The second-order valence-electron chi connectivity index (χ2n) is 8.56. The van der Waals surface area contributed by atoms with E-state index in [-0.39, 0.29) is 29.8 Å². The van der Waals surface area contributed by atoms with Crippen molar-refractivity contribution < 1.29 is 19.5 Å². The maximum Gasteiger partial charge on any atom is 0.335 e. The Bertz CT molecular complexity index is 1130. The molecule has 0 saturated heterocycles. The minimum absolute atomic E-state index is 0.0373. The summed E-state index contributed by atoms with van der Waals surface area (Å²) in [6.07, 6.45) is 6.05. The number of nitrogens with one attached hydrogen (secondary N) is 1. The highest BCUT2D eigenvalue weighted by Gasteiger charge is 2.23. The van der Waals surface area contributed by atoms with Crippen LogP contribution in [0.5, 0.6) is 0 Å². The lowest BCUT2D eigenvalue weighted by Crippen LogP contribution is -2.30. The first-order valence-electron chi connectivity index (χ1n) is 10.7. The molecular formula is C25H30N2O4. The quantitative estimate of drug-likeness (QED) is 0.659. The van der Waals surface area contributed by atoms with Crippen LogP contribution in [-0.2, 0) is 4.79 Å². The van der Waals surface area contributed by atoms with Crippen LogP contribution in [0, 0.1) is 6.92 Å². The molecule has 6 heteroatoms. The van der Waals surface area contributed by atoms with Crippen LogP contribution in [-0.4, -0.2) is 33.9 Å². The molecular weight excluding hydrogens is 392 g/mol. The number of carbonyl (C=O) groups excluding carboxylic acids is 2. The van der Waals surface area contributed by atoms with Crippen molar-refractivity contribution in [1.82, 2.24) is 9.88 Å². The number of aryl methyl sites for hydroxylation is 1. The van der Waals surface area contributed by atoms with E-state index in [1.165, 1.54) is 6.07 Å². The Labute approximate surface area is 182 Å². The molecule has 1 aromatic carbocycles. The molecule has 164 valence electrons. The molecule has 1 aliphatic carbocycles. The third-order valence-corrected chi connectivity index (χ3v) is 5.70. The molecule has 1 amide bonds. The van der Waals surface area contributed by atoms with Gasteiger partial charge in [-0.05, 0) is 57.4 Å². The van der Waals surface area contributed by atoms with E-state index < -0.39 is 5.97 Å². The van der Waals surface area contributed by atoms with E-state index in [9.17, 15) is 19.5 Å². The van der Waals surface area contributed by atoms with Crippen molar-refractivity contribution in [3.05, 3.63) is 57.8 Å². The Hall–Kier alpha value is -3.15. The number of benzene rings is 1. The van der Waals surface area contributed by atoms with Crippen molar-refractivity contribution in [2.45, 2.75) is 59.9 Å². The minimum atomic E-state index is -1.08. The summed E-state index contributed by atoms with van der Waals surface area (Å²) >= 11 is 0. The van der Waals surface area contributed by atoms with E-state index >= 15 is 0 Å². The maximum atomic E-state index is 13.2. The van der Waals surface area contributed by atoms with Crippen molar-refractivity contribution in [2.75, 3.05) is 6.54 Å². The molecule has 0 bridgehead atoms. The molecule has 0 fully saturated rings. The van der Waals surface area contributed by atoms with Gasteiger partial charge >= 0.3 is 5.97 Å². The van der Waals surface area contributed by atoms with Gasteiger partial charge in [-0.25, -0.2) is 4.79 Å². The van der Waals surface area contributed by atoms with Gasteiger partial charge in [-0.15, -0.1) is 0 Å². The van der Waals surface area contributed by atoms with E-state index in [0.717, 1.165) is 40.5 Å². The summed E-state index contributed by atoms with van der Waals surface area (Å²) < 4.78 is 1.98. The number of fused-ring (bicyclic) bond motifs is 1. The number of Topliss-reactive ketones (excluding diaryl/α,β-unsaturated/α-hetero) is 1. The smallest absolute Gasteiger partial charge is 0.335 e. The summed E-state index contributed by atoms with van der Waals surface area (Å²) in [5.74, 6) is -1.42. The number of carboxylic acid groups (broad SMARTS) is 1. The minimum Gasteiger partial charge on any atom is -0.478 e. The van der Waals surface area contributed by atoms with Gasteiger partial charge in [0.15, 0.2) is 5.78 Å². The van der Waals surface area contributed by atoms with Crippen molar-refractivity contribution in [2.24, 2.45) is 0 Å². The van der Waals surface area contributed by atoms with E-state index in [2.05, 4.69) is 12.2 Å². The summed E-state index contributed by atoms with van der Waals surface area (Å²) in [7, 11) is 0. The second-order valence-corrected chi connectivity index (χ2v) is 8.56. The van der Waals surface area contributed by atoms with Gasteiger partial charge in [-0.1, -0.05) is 25.0 Å². The predicted octanol–water partition coefficient (Wildman–Crippen LogP) is 4.97. The van der Waals surface area contributed by atoms with E-state index in [1.54, 1.807) is 6.07 Å². The number of rotatable bonds is 7. The molecule has 0 spiro atoms. The Morgan fingerprint density at radius 3 is 2.55 bits per heavy atom. The molecule has 2 aromatic rings. The van der Waals surface area contributed by atoms with Gasteiger partial charge in [0.05, 0.1) is 11.1 Å². The summed E-state index contributed by atoms with van der Waals surface area (Å²) in [6.45, 7) is 10.1. The second kappa shape index (κ2) is 8.92. The number of hydrogen-bond donors (Lipinski definition) is 2. The fraction of sp³-hybridized carbons (Fsp3) is 0.400. The number of allylic oxidation sites excluding steroid dienone is 3. The number of hydrogen-bond acceptors (Lipinski definition) is 3. The first-order chi connectivity index (χ1) is 14.6. The number of aromatic carboxylic acids is 1. The highest BCUT2D eigenvalue weighted by atomic mass is 16.4. The number of carbonyl (C=O) groups is 3. The standard InChI is InChI=1S/C25H30N2O4/c1-6-7-17-8-15(4)9-22(28)20(17)12-26-24(29)19-10-18(25(30)31)11-21-23(19)16(5)13-27(21)14(2)3/h8,10-11,13-14H,6-7,9,12H2,1-5H3,(H,26,29)(H,30,31). The topological polar surface area (TPSA) is 88.4 Å². The van der Waals surface area contributed by atoms with Gasteiger partial charge in [-0.2, -0.15) is 0 Å². The van der Waals surface area contributed by atoms with Crippen LogP contribution < -0.4 is 5.32 Å². The van der Waals surface area contributed by atoms with Crippen LogP contribution in [0.25, 0.3) is 10.9 Å². The summed E-state index contributed by atoms with van der Waals surface area (Å²) in [4.78, 5) is 37.5. The molecule has 1 aromatic heterocycles. The van der Waals surface area contributed by atoms with Crippen LogP contribution in [0.3, 0.4) is 0 Å². The number of nitrogens with zero attached hydrogens (tertiary/aromatic N) is 1. The summed E-state index contributed by atoms with van der Waals surface area (Å²) in [6, 6.07) is 3.15. The third-order valence-electron chi connectivity index (χ3n) is 5.70. The van der Waals surface area contributed by atoms with Crippen LogP contribution in [0.2, 0.25) is 0 Å². The Balaban J connectivity index is 2.01. The lowest BCUT2D eigenvalue weighted by Gasteiger charge is -2.18. The van der Waals surface area contributed by atoms with Gasteiger partial charge in [0, 0.05) is 41.7 Å². The van der Waals surface area contributed by atoms with E-state index in [1.807, 2.05) is 44.5 Å². The van der Waals surface area contributed by atoms with Crippen molar-refractivity contribution in [3.8, 4) is 0 Å². The monoisotopic (exact) mass is 422 g/mol. The highest BCUT2D eigenvalue weighted by molar-refractivity contribution is 6.11. The predicted molar refractivity (Wildman–Crippen MR) is 122 cm³/mol. The first-order valence-corrected chi connectivity index (χ1v) is 10.7. The Kier molecular flexibility index (Phi) is 6.48. The van der Waals surface area contributed by atoms with Gasteiger partial charge in [0.25, 0.3) is 5.91 Å². The van der Waals surface area contributed by atoms with Crippen molar-refractivity contribution in [3.63, 3.8) is 0 Å². The molecule has 31 heavy (non-hydrogen) atoms. The third kappa shape index (κ3) is 4.48. The maximum absolute atomic E-state index is 13.2. The van der Waals surface area contributed by atoms with Crippen LogP contribution in [0.15, 0.2) is 41.1 Å². The van der Waals surface area contributed by atoms with E-state index in [0.29, 0.717) is 17.6 Å². The molecule has 6 nitrogen and oxygen atoms in total. The van der Waals surface area contributed by atoms with Crippen molar-refractivity contribution in [1.29, 1.82) is 0 Å². The van der Waals surface area contributed by atoms with Gasteiger partial charge < -0.3 is 15.0 Å². The molecule has 3 rings (SSSR count). The van der Waals surface area contributed by atoms with E-state index in [4.69, 9.17) is 0 Å². The molecule has 0 aliphatic heterocycles. The number of amides is 1. The first kappa shape index (κ1) is 22.5. The molecule has 1 heterocycles. The summed E-state index contributed by atoms with van der Waals surface area (Å²) in [5.41, 5.74) is 4.66. The fourth-order valence-corrected chi connectivity index (χ4v) is 4.26. The van der Waals surface area contributed by atoms with Crippen molar-refractivity contribution >= 4 is 28.6 Å². The average molecular weight is 423 g/mol. The van der Waals surface area contributed by atoms with Crippen LogP contribution in [0.1, 0.15) is 79.3 Å². The molecule has 1 aliphatic rings. The summed E-state index contributed by atoms with van der Waals surface area (Å²) in [5, 5.41) is 13.2. The zero-order chi connectivity index (χ0) is 22.9. The number of ketones is 1. The van der Waals surface area contributed by atoms with Crippen LogP contribution >= 0.6 is 0 Å². The normalized spacial score (nSPS) is 14.4. The number of aromatic nitrogens is 1. The fourth-order valence-electron chi connectivity index (χ4n) is 4.26. The van der Waals surface area contributed by atoms with Gasteiger partial charge in [0.2, 0.25) is 0 Å². The SMILES string of the molecule is CCCC1=C(CNC(=O)c2cc(C(=O)O)cc3c2c(C)cn3C(C)C)C(=O)CC(C)=C1. The zero-order valence-electron chi connectivity index (χ0n) is 18.8. The lowest BCUT2D eigenvalue weighted by molar-refractivity contribution is -0.115. The highest BCUT2D eigenvalue weighted by Crippen LogP contribution is 2.30. The van der Waals surface area contributed by atoms with Gasteiger partial charge in [-0.3, -0.25) is 9.59 Å². The average Bonchev–Trinajstić information content (AvgIpc) is 3.03. The number of carboxylic acids is 1. The lowest BCUT2D eigenvalue weighted by atomic mass is 9.89. The largest absolute Gasteiger partial charge is 0.478 e. The molecule has 0 atom stereocenters. The Morgan fingerprint density at radius 1 is 1.23 bits per heavy atom. The van der Waals surface area contributed by atoms with Crippen LogP contribution in [0.4, 0.5) is 0 Å². The van der Waals surface area contributed by atoms with Gasteiger partial charge in [0.1, 0.15) is 0 Å². The zero-order valence-corrected chi connectivity index (χ0v) is 18.8. The molecule has 0 unspecified atom stereocenters. The Morgan fingerprint density at radius 2 is 1.94 bits per heavy atom. The molecule has 0 radical (unpaired) electrons. The molecule has 0 saturated carbocycles. The molecule has 2 N–H and O–H groups in total.